The molecule has 124 valence electrons. The van der Waals surface area contributed by atoms with Crippen LogP contribution in [0.4, 0.5) is 5.13 Å². The second-order valence-electron chi connectivity index (χ2n) is 5.65. The van der Waals surface area contributed by atoms with Crippen LogP contribution in [0.5, 0.6) is 5.75 Å². The lowest BCUT2D eigenvalue weighted by atomic mass is 10.1. The Morgan fingerprint density at radius 2 is 1.96 bits per heavy atom. The van der Waals surface area contributed by atoms with Crippen LogP contribution in [0.2, 0.25) is 5.02 Å². The Bertz CT molecular complexity index is 890. The van der Waals surface area contributed by atoms with E-state index >= 15 is 0 Å². The summed E-state index contributed by atoms with van der Waals surface area (Å²) >= 11 is 7.30. The molecule has 0 aliphatic carbocycles. The lowest BCUT2D eigenvalue weighted by molar-refractivity contribution is -0.122. The van der Waals surface area contributed by atoms with Crippen LogP contribution in [0, 0.1) is 13.8 Å². The first-order valence-electron chi connectivity index (χ1n) is 7.53. The van der Waals surface area contributed by atoms with E-state index in [2.05, 4.69) is 22.4 Å². The molecule has 0 saturated heterocycles. The van der Waals surface area contributed by atoms with Gasteiger partial charge in [-0.1, -0.05) is 29.0 Å². The number of carbonyl (C=O) groups is 1. The second kappa shape index (κ2) is 6.79. The van der Waals surface area contributed by atoms with Crippen LogP contribution < -0.4 is 10.1 Å². The van der Waals surface area contributed by atoms with Crippen LogP contribution in [0.25, 0.3) is 10.2 Å². The number of ether oxygens (including phenoxy) is 1. The SMILES string of the molecule is Cc1cc(C)c2nc(NC(=O)[C@H](C)Oc3ccc(Cl)cc3)sc2c1. The van der Waals surface area contributed by atoms with Gasteiger partial charge in [0.1, 0.15) is 5.75 Å². The zero-order valence-corrected chi connectivity index (χ0v) is 15.2. The Balaban J connectivity index is 1.72. The van der Waals surface area contributed by atoms with E-state index in [1.165, 1.54) is 16.9 Å². The third-order valence-corrected chi connectivity index (χ3v) is 4.73. The number of halogens is 1. The van der Waals surface area contributed by atoms with Crippen molar-refractivity contribution in [3.05, 3.63) is 52.5 Å². The van der Waals surface area contributed by atoms with E-state index in [9.17, 15) is 4.79 Å². The molecule has 3 rings (SSSR count). The fraction of sp³-hybridized carbons (Fsp3) is 0.222. The van der Waals surface area contributed by atoms with Gasteiger partial charge in [-0.2, -0.15) is 0 Å². The molecule has 0 saturated carbocycles. The van der Waals surface area contributed by atoms with Crippen LogP contribution in [-0.4, -0.2) is 17.0 Å². The van der Waals surface area contributed by atoms with Crippen molar-refractivity contribution in [2.45, 2.75) is 26.9 Å². The molecule has 0 fully saturated rings. The summed E-state index contributed by atoms with van der Waals surface area (Å²) in [6.45, 7) is 5.77. The molecule has 3 aromatic rings. The molecule has 0 aliphatic rings. The van der Waals surface area contributed by atoms with Gasteiger partial charge in [0.2, 0.25) is 0 Å². The number of hydrogen-bond acceptors (Lipinski definition) is 4. The number of thiazole rings is 1. The maximum absolute atomic E-state index is 12.3. The predicted molar refractivity (Wildman–Crippen MR) is 99.3 cm³/mol. The average Bonchev–Trinajstić information content (AvgIpc) is 2.92. The molecule has 2 aromatic carbocycles. The molecule has 24 heavy (non-hydrogen) atoms. The third-order valence-electron chi connectivity index (χ3n) is 3.56. The van der Waals surface area contributed by atoms with Crippen molar-refractivity contribution in [3.8, 4) is 5.75 Å². The number of benzene rings is 2. The number of anilines is 1. The number of nitrogens with one attached hydrogen (secondary N) is 1. The van der Waals surface area contributed by atoms with Gasteiger partial charge in [-0.15, -0.1) is 0 Å². The number of rotatable bonds is 4. The van der Waals surface area contributed by atoms with E-state index in [1.807, 2.05) is 13.8 Å². The van der Waals surface area contributed by atoms with E-state index in [-0.39, 0.29) is 5.91 Å². The molecule has 1 N–H and O–H groups in total. The van der Waals surface area contributed by atoms with Crippen molar-refractivity contribution in [3.63, 3.8) is 0 Å². The normalized spacial score (nSPS) is 12.2. The van der Waals surface area contributed by atoms with Crippen molar-refractivity contribution in [2.75, 3.05) is 5.32 Å². The Morgan fingerprint density at radius 1 is 1.25 bits per heavy atom. The van der Waals surface area contributed by atoms with Crippen molar-refractivity contribution < 1.29 is 9.53 Å². The average molecular weight is 361 g/mol. The molecule has 6 heteroatoms. The number of fused-ring (bicyclic) bond motifs is 1. The van der Waals surface area contributed by atoms with Gasteiger partial charge < -0.3 is 4.74 Å². The molecule has 1 heterocycles. The molecule has 0 spiro atoms. The largest absolute Gasteiger partial charge is 0.481 e. The van der Waals surface area contributed by atoms with Crippen molar-refractivity contribution in [2.24, 2.45) is 0 Å². The third kappa shape index (κ3) is 3.68. The van der Waals surface area contributed by atoms with Gasteiger partial charge in [-0.25, -0.2) is 4.98 Å². The van der Waals surface area contributed by atoms with Crippen molar-refractivity contribution in [1.82, 2.24) is 4.98 Å². The van der Waals surface area contributed by atoms with E-state index in [0.29, 0.717) is 15.9 Å². The minimum atomic E-state index is -0.638. The zero-order chi connectivity index (χ0) is 17.3. The van der Waals surface area contributed by atoms with Gasteiger partial charge in [0, 0.05) is 5.02 Å². The highest BCUT2D eigenvalue weighted by Crippen LogP contribution is 2.29. The molecule has 1 aromatic heterocycles. The first-order valence-corrected chi connectivity index (χ1v) is 8.72. The fourth-order valence-corrected chi connectivity index (χ4v) is 3.57. The maximum atomic E-state index is 12.3. The van der Waals surface area contributed by atoms with Crippen LogP contribution in [0.3, 0.4) is 0 Å². The van der Waals surface area contributed by atoms with E-state index in [1.54, 1.807) is 31.2 Å². The summed E-state index contributed by atoms with van der Waals surface area (Å²) in [5, 5.41) is 4.03. The Kier molecular flexibility index (Phi) is 4.73. The molecular formula is C18H17ClN2O2S. The minimum Gasteiger partial charge on any atom is -0.481 e. The quantitative estimate of drug-likeness (QED) is 0.714. The summed E-state index contributed by atoms with van der Waals surface area (Å²) in [6.07, 6.45) is -0.638. The maximum Gasteiger partial charge on any atom is 0.266 e. The molecule has 4 nitrogen and oxygen atoms in total. The smallest absolute Gasteiger partial charge is 0.266 e. The summed E-state index contributed by atoms with van der Waals surface area (Å²) in [5.74, 6) is 0.358. The highest BCUT2D eigenvalue weighted by molar-refractivity contribution is 7.22. The molecule has 1 amide bonds. The topological polar surface area (TPSA) is 51.2 Å². The molecule has 0 aliphatic heterocycles. The van der Waals surface area contributed by atoms with Gasteiger partial charge >= 0.3 is 0 Å². The number of aryl methyl sites for hydroxylation is 2. The molecule has 0 radical (unpaired) electrons. The van der Waals surface area contributed by atoms with Crippen molar-refractivity contribution in [1.29, 1.82) is 0 Å². The first kappa shape index (κ1) is 16.7. The molecule has 0 bridgehead atoms. The summed E-state index contributed by atoms with van der Waals surface area (Å²) < 4.78 is 6.69. The van der Waals surface area contributed by atoms with E-state index in [4.69, 9.17) is 16.3 Å². The van der Waals surface area contributed by atoms with Crippen LogP contribution in [-0.2, 0) is 4.79 Å². The Hall–Kier alpha value is -2.11. The monoisotopic (exact) mass is 360 g/mol. The highest BCUT2D eigenvalue weighted by Gasteiger charge is 2.17. The minimum absolute atomic E-state index is 0.238. The van der Waals surface area contributed by atoms with E-state index < -0.39 is 6.10 Å². The lowest BCUT2D eigenvalue weighted by Gasteiger charge is -2.13. The standard InChI is InChI=1S/C18H17ClN2O2S/c1-10-8-11(2)16-15(9-10)24-18(20-16)21-17(22)12(3)23-14-6-4-13(19)5-7-14/h4-9,12H,1-3H3,(H,20,21,22)/t12-/m0/s1. The van der Waals surface area contributed by atoms with E-state index in [0.717, 1.165) is 15.8 Å². The number of hydrogen-bond donors (Lipinski definition) is 1. The van der Waals surface area contributed by atoms with Gasteiger partial charge in [0.15, 0.2) is 11.2 Å². The van der Waals surface area contributed by atoms with Gasteiger partial charge in [-0.3, -0.25) is 10.1 Å². The molecular weight excluding hydrogens is 344 g/mol. The summed E-state index contributed by atoms with van der Waals surface area (Å²) in [4.78, 5) is 16.8. The number of amides is 1. The molecule has 0 unspecified atom stereocenters. The summed E-state index contributed by atoms with van der Waals surface area (Å²) in [6, 6.07) is 11.1. The predicted octanol–water partition coefficient (Wildman–Crippen LogP) is 4.97. The van der Waals surface area contributed by atoms with Crippen LogP contribution >= 0.6 is 22.9 Å². The fourth-order valence-electron chi connectivity index (χ4n) is 2.40. The number of carbonyl (C=O) groups excluding carboxylic acids is 1. The summed E-state index contributed by atoms with van der Waals surface area (Å²) in [5.41, 5.74) is 3.21. The Morgan fingerprint density at radius 3 is 2.67 bits per heavy atom. The second-order valence-corrected chi connectivity index (χ2v) is 7.12. The van der Waals surface area contributed by atoms with Crippen LogP contribution in [0.15, 0.2) is 36.4 Å². The molecule has 1 atom stereocenters. The van der Waals surface area contributed by atoms with Gasteiger partial charge in [0.25, 0.3) is 5.91 Å². The summed E-state index contributed by atoms with van der Waals surface area (Å²) in [7, 11) is 0. The van der Waals surface area contributed by atoms with Crippen LogP contribution in [0.1, 0.15) is 18.1 Å². The Labute approximate surface area is 149 Å². The number of aromatic nitrogens is 1. The van der Waals surface area contributed by atoms with Gasteiger partial charge in [0.05, 0.1) is 10.2 Å². The lowest BCUT2D eigenvalue weighted by Crippen LogP contribution is -2.30. The van der Waals surface area contributed by atoms with Gasteiger partial charge in [-0.05, 0) is 62.2 Å². The first-order chi connectivity index (χ1) is 11.4. The highest BCUT2D eigenvalue weighted by atomic mass is 35.5. The van der Waals surface area contributed by atoms with Crippen molar-refractivity contribution >= 4 is 44.2 Å². The number of nitrogens with zero attached hydrogens (tertiary/aromatic N) is 1. The zero-order valence-electron chi connectivity index (χ0n) is 13.6.